The Balaban J connectivity index is 2.39. The molecule has 1 aromatic rings. The molecule has 1 aliphatic rings. The van der Waals surface area contributed by atoms with Gasteiger partial charge in [-0.1, -0.05) is 6.08 Å². The Morgan fingerprint density at radius 2 is 2.14 bits per heavy atom. The second-order valence-electron chi connectivity index (χ2n) is 5.39. The van der Waals surface area contributed by atoms with E-state index in [1.54, 1.807) is 24.6 Å². The highest BCUT2D eigenvalue weighted by Crippen LogP contribution is 2.33. The molecule has 1 aromatic heterocycles. The van der Waals surface area contributed by atoms with Gasteiger partial charge < -0.3 is 5.11 Å². The van der Waals surface area contributed by atoms with Gasteiger partial charge in [0.15, 0.2) is 0 Å². The van der Waals surface area contributed by atoms with Crippen molar-refractivity contribution in [2.24, 2.45) is 0 Å². The molecule has 1 saturated carbocycles. The third-order valence-corrected chi connectivity index (χ3v) is 5.84. The van der Waals surface area contributed by atoms with Crippen LogP contribution in [-0.2, 0) is 16.6 Å². The maximum atomic E-state index is 12.9. The molecule has 0 spiro atoms. The number of aromatic nitrogens is 2. The molecule has 1 aliphatic carbocycles. The minimum absolute atomic E-state index is 0.0606. The molecule has 1 heterocycles. The quantitative estimate of drug-likeness (QED) is 0.732. The van der Waals surface area contributed by atoms with Crippen LogP contribution in [0.1, 0.15) is 30.7 Å². The van der Waals surface area contributed by atoms with Gasteiger partial charge in [-0.25, -0.2) is 8.42 Å². The van der Waals surface area contributed by atoms with Gasteiger partial charge in [-0.2, -0.15) is 9.40 Å². The lowest BCUT2D eigenvalue weighted by Crippen LogP contribution is -2.34. The molecule has 118 valence electrons. The highest BCUT2D eigenvalue weighted by Gasteiger charge is 2.39. The van der Waals surface area contributed by atoms with Crippen molar-refractivity contribution in [2.75, 3.05) is 13.2 Å². The van der Waals surface area contributed by atoms with E-state index in [1.807, 2.05) is 0 Å². The third-order valence-electron chi connectivity index (χ3n) is 3.67. The number of hydrogen-bond acceptors (Lipinski definition) is 4. The van der Waals surface area contributed by atoms with Crippen molar-refractivity contribution in [3.8, 4) is 0 Å². The number of aliphatic hydroxyl groups is 1. The lowest BCUT2D eigenvalue weighted by molar-refractivity contribution is 0.276. The van der Waals surface area contributed by atoms with Crippen molar-refractivity contribution in [1.82, 2.24) is 14.1 Å². The number of aryl methyl sites for hydroxylation is 2. The second kappa shape index (κ2) is 6.29. The van der Waals surface area contributed by atoms with E-state index in [0.29, 0.717) is 35.8 Å². The molecule has 0 atom stereocenters. The fourth-order valence-corrected chi connectivity index (χ4v) is 4.57. The van der Waals surface area contributed by atoms with E-state index in [0.717, 1.165) is 12.8 Å². The van der Waals surface area contributed by atoms with Crippen LogP contribution in [0, 0.1) is 13.8 Å². The van der Waals surface area contributed by atoms with Crippen LogP contribution in [0.4, 0.5) is 0 Å². The molecule has 0 unspecified atom stereocenters. The van der Waals surface area contributed by atoms with Gasteiger partial charge in [0.2, 0.25) is 10.0 Å². The van der Waals surface area contributed by atoms with Gasteiger partial charge in [-0.05, 0) is 33.1 Å². The van der Waals surface area contributed by atoms with Crippen LogP contribution in [0.5, 0.6) is 0 Å². The molecule has 7 heteroatoms. The van der Waals surface area contributed by atoms with Crippen LogP contribution >= 0.6 is 0 Å². The van der Waals surface area contributed by atoms with E-state index < -0.39 is 10.0 Å². The van der Waals surface area contributed by atoms with Gasteiger partial charge in [0.05, 0.1) is 11.4 Å². The maximum absolute atomic E-state index is 12.9. The predicted octanol–water partition coefficient (Wildman–Crippen LogP) is 1.22. The van der Waals surface area contributed by atoms with Crippen LogP contribution in [-0.4, -0.2) is 46.8 Å². The Kier molecular flexibility index (Phi) is 4.85. The standard InChI is InChI=1S/C14H23N3O3S/c1-4-8-17(13-6-7-13)21(19,20)14-11(2)15-16(12(14)3)9-5-10-18/h4,13,18H,1,5-10H2,2-3H3. The number of sulfonamides is 1. The van der Waals surface area contributed by atoms with Gasteiger partial charge in [0.1, 0.15) is 4.90 Å². The van der Waals surface area contributed by atoms with Crippen molar-refractivity contribution >= 4 is 10.0 Å². The van der Waals surface area contributed by atoms with Crippen LogP contribution in [0.3, 0.4) is 0 Å². The van der Waals surface area contributed by atoms with Crippen LogP contribution in [0.15, 0.2) is 17.6 Å². The molecule has 0 saturated heterocycles. The first-order valence-corrected chi connectivity index (χ1v) is 8.65. The predicted molar refractivity (Wildman–Crippen MR) is 80.5 cm³/mol. The van der Waals surface area contributed by atoms with E-state index in [2.05, 4.69) is 11.7 Å². The molecule has 1 N–H and O–H groups in total. The highest BCUT2D eigenvalue weighted by molar-refractivity contribution is 7.89. The van der Waals surface area contributed by atoms with Crippen molar-refractivity contribution in [3.05, 3.63) is 24.0 Å². The fourth-order valence-electron chi connectivity index (χ4n) is 2.54. The monoisotopic (exact) mass is 313 g/mol. The Hall–Kier alpha value is -1.18. The summed E-state index contributed by atoms with van der Waals surface area (Å²) >= 11 is 0. The summed E-state index contributed by atoms with van der Waals surface area (Å²) in [5.74, 6) is 0. The molecule has 21 heavy (non-hydrogen) atoms. The molecule has 0 aliphatic heterocycles. The van der Waals surface area contributed by atoms with Crippen molar-refractivity contribution in [3.63, 3.8) is 0 Å². The molecular formula is C14H23N3O3S. The Morgan fingerprint density at radius 1 is 1.48 bits per heavy atom. The molecule has 0 aromatic carbocycles. The molecule has 0 amide bonds. The SMILES string of the molecule is C=CCN(C1CC1)S(=O)(=O)c1c(C)nn(CCCO)c1C. The summed E-state index contributed by atoms with van der Waals surface area (Å²) < 4.78 is 29.0. The summed E-state index contributed by atoms with van der Waals surface area (Å²) in [6.07, 6.45) is 3.99. The molecule has 1 fully saturated rings. The van der Waals surface area contributed by atoms with Crippen molar-refractivity contribution in [1.29, 1.82) is 0 Å². The van der Waals surface area contributed by atoms with Gasteiger partial charge in [-0.3, -0.25) is 4.68 Å². The lowest BCUT2D eigenvalue weighted by Gasteiger charge is -2.20. The van der Waals surface area contributed by atoms with E-state index in [9.17, 15) is 8.42 Å². The van der Waals surface area contributed by atoms with Gasteiger partial charge in [0, 0.05) is 25.7 Å². The number of rotatable bonds is 8. The fraction of sp³-hybridized carbons (Fsp3) is 0.643. The lowest BCUT2D eigenvalue weighted by atomic mass is 10.4. The summed E-state index contributed by atoms with van der Waals surface area (Å²) in [7, 11) is -3.55. The summed E-state index contributed by atoms with van der Waals surface area (Å²) in [4.78, 5) is 0.300. The molecule has 2 rings (SSSR count). The van der Waals surface area contributed by atoms with Gasteiger partial charge in [0.25, 0.3) is 0 Å². The molecule has 6 nitrogen and oxygen atoms in total. The summed E-state index contributed by atoms with van der Waals surface area (Å²) in [5.41, 5.74) is 1.15. The Bertz CT molecular complexity index is 618. The first-order chi connectivity index (χ1) is 9.93. The first-order valence-electron chi connectivity index (χ1n) is 7.21. The Morgan fingerprint density at radius 3 is 2.67 bits per heavy atom. The van der Waals surface area contributed by atoms with E-state index in [1.165, 1.54) is 4.31 Å². The Labute approximate surface area is 126 Å². The van der Waals surface area contributed by atoms with Crippen molar-refractivity contribution in [2.45, 2.75) is 50.6 Å². The average Bonchev–Trinajstić information content (AvgIpc) is 3.20. The van der Waals surface area contributed by atoms with Crippen LogP contribution in [0.25, 0.3) is 0 Å². The second-order valence-corrected chi connectivity index (χ2v) is 7.22. The average molecular weight is 313 g/mol. The smallest absolute Gasteiger partial charge is 0.247 e. The minimum Gasteiger partial charge on any atom is -0.396 e. The number of nitrogens with zero attached hydrogens (tertiary/aromatic N) is 3. The zero-order chi connectivity index (χ0) is 15.6. The van der Waals surface area contributed by atoms with E-state index >= 15 is 0 Å². The normalized spacial score (nSPS) is 15.6. The largest absolute Gasteiger partial charge is 0.396 e. The van der Waals surface area contributed by atoms with E-state index in [-0.39, 0.29) is 12.6 Å². The zero-order valence-electron chi connectivity index (χ0n) is 12.6. The third kappa shape index (κ3) is 3.20. The van der Waals surface area contributed by atoms with Crippen molar-refractivity contribution < 1.29 is 13.5 Å². The van der Waals surface area contributed by atoms with Gasteiger partial charge in [-0.15, -0.1) is 6.58 Å². The minimum atomic E-state index is -3.55. The number of aliphatic hydroxyl groups excluding tert-OH is 1. The summed E-state index contributed by atoms with van der Waals surface area (Å²) in [5, 5.41) is 13.2. The summed E-state index contributed by atoms with van der Waals surface area (Å²) in [6.45, 7) is 8.04. The van der Waals surface area contributed by atoms with Crippen LogP contribution < -0.4 is 0 Å². The zero-order valence-corrected chi connectivity index (χ0v) is 13.4. The first kappa shape index (κ1) is 16.2. The maximum Gasteiger partial charge on any atom is 0.247 e. The number of hydrogen-bond donors (Lipinski definition) is 1. The highest BCUT2D eigenvalue weighted by atomic mass is 32.2. The molecule has 0 bridgehead atoms. The van der Waals surface area contributed by atoms with Gasteiger partial charge >= 0.3 is 0 Å². The molecule has 0 radical (unpaired) electrons. The molecular weight excluding hydrogens is 290 g/mol. The van der Waals surface area contributed by atoms with E-state index in [4.69, 9.17) is 5.11 Å². The van der Waals surface area contributed by atoms with Crippen LogP contribution in [0.2, 0.25) is 0 Å². The summed E-state index contributed by atoms with van der Waals surface area (Å²) in [6, 6.07) is 0.0904. The topological polar surface area (TPSA) is 75.4 Å².